The fourth-order valence-electron chi connectivity index (χ4n) is 11.3. The van der Waals surface area contributed by atoms with Crippen LogP contribution in [0, 0.1) is 5.92 Å². The number of fused-ring (bicyclic) bond motifs is 10. The molecule has 0 radical (unpaired) electrons. The predicted molar refractivity (Wildman–Crippen MR) is 291 cm³/mol. The first-order valence-corrected chi connectivity index (χ1v) is 24.7. The monoisotopic (exact) mass is 926 g/mol. The van der Waals surface area contributed by atoms with E-state index in [1.54, 1.807) is 0 Å². The molecule has 72 heavy (non-hydrogen) atoms. The van der Waals surface area contributed by atoms with Gasteiger partial charge in [0.05, 0.1) is 22.2 Å². The van der Waals surface area contributed by atoms with Gasteiger partial charge in [0.15, 0.2) is 29.1 Å². The molecule has 8 heteroatoms. The number of rotatable bonds is 7. The van der Waals surface area contributed by atoms with Crippen molar-refractivity contribution in [1.82, 2.24) is 39.0 Å². The Morgan fingerprint density at radius 1 is 0.444 bits per heavy atom. The molecule has 4 aromatic heterocycles. The largest absolute Gasteiger partial charge is 0.309 e. The summed E-state index contributed by atoms with van der Waals surface area (Å²) < 4.78 is 4.68. The average molecular weight is 927 g/mol. The van der Waals surface area contributed by atoms with Gasteiger partial charge in [0.2, 0.25) is 5.95 Å². The number of nitrogens with zero attached hydrogens (tertiary/aromatic N) is 8. The average Bonchev–Trinajstić information content (AvgIpc) is 4.03. The number of hydrogen-bond donors (Lipinski definition) is 0. The first kappa shape index (κ1) is 41.8. The molecule has 1 atom stereocenters. The van der Waals surface area contributed by atoms with E-state index in [0.717, 1.165) is 62.2 Å². The van der Waals surface area contributed by atoms with Crippen LogP contribution < -0.4 is 0 Å². The van der Waals surface area contributed by atoms with Gasteiger partial charge in [0.25, 0.3) is 0 Å². The molecular formula is C64H46N8. The highest BCUT2D eigenvalue weighted by molar-refractivity contribution is 6.20. The van der Waals surface area contributed by atoms with Gasteiger partial charge in [-0.1, -0.05) is 191 Å². The number of allylic oxidation sites excluding steroid dienone is 1. The van der Waals surface area contributed by atoms with E-state index in [4.69, 9.17) is 29.9 Å². The third-order valence-corrected chi connectivity index (χ3v) is 14.8. The van der Waals surface area contributed by atoms with Gasteiger partial charge in [-0.15, -0.1) is 0 Å². The Balaban J connectivity index is 0.984. The van der Waals surface area contributed by atoms with Crippen molar-refractivity contribution in [2.24, 2.45) is 5.92 Å². The minimum absolute atomic E-state index is 0.107. The summed E-state index contributed by atoms with van der Waals surface area (Å²) in [5.74, 6) is 4.01. The molecule has 0 saturated carbocycles. The summed E-state index contributed by atoms with van der Waals surface area (Å²) >= 11 is 0. The Hall–Kier alpha value is -9.14. The van der Waals surface area contributed by atoms with Crippen molar-refractivity contribution in [2.75, 3.05) is 0 Å². The molecule has 0 fully saturated rings. The second kappa shape index (κ2) is 16.2. The minimum Gasteiger partial charge on any atom is -0.309 e. The molecule has 0 aliphatic heterocycles. The van der Waals surface area contributed by atoms with Crippen LogP contribution in [0.5, 0.6) is 0 Å². The quantitative estimate of drug-likeness (QED) is 0.158. The molecule has 14 rings (SSSR count). The fraction of sp³-hybridized carbons (Fsp3) is 0.0938. The minimum atomic E-state index is -0.107. The molecule has 4 heterocycles. The fourth-order valence-corrected chi connectivity index (χ4v) is 11.3. The van der Waals surface area contributed by atoms with Crippen molar-refractivity contribution in [2.45, 2.75) is 32.6 Å². The first-order chi connectivity index (χ1) is 35.4. The lowest BCUT2D eigenvalue weighted by molar-refractivity contribution is 0.660. The van der Waals surface area contributed by atoms with Gasteiger partial charge in [-0.25, -0.2) is 19.9 Å². The van der Waals surface area contributed by atoms with Gasteiger partial charge < -0.3 is 4.57 Å². The number of aromatic nitrogens is 8. The molecule has 0 spiro atoms. The normalized spacial score (nSPS) is 14.5. The molecule has 342 valence electrons. The van der Waals surface area contributed by atoms with Crippen LogP contribution in [0.25, 0.3) is 118 Å². The molecule has 2 aliphatic rings. The molecule has 0 bridgehead atoms. The SMILES string of the molecule is CC1C=Cc2c(c3c(ccc4c5ccccc5n(-c5cccc(-c6nc(-c7ccccc7)nc(-c7ccc8c(c7)-c7ccccc7C8(C)C)n6)c5)c43)n2-c2nc(-c3ccccc3)nc(-c3ccccc3)n2)C1. The topological polar surface area (TPSA) is 87.2 Å². The summed E-state index contributed by atoms with van der Waals surface area (Å²) in [6, 6.07) is 67.9. The van der Waals surface area contributed by atoms with E-state index in [1.807, 2.05) is 54.6 Å². The second-order valence-electron chi connectivity index (χ2n) is 19.6. The number of para-hydroxylation sites is 1. The van der Waals surface area contributed by atoms with Gasteiger partial charge in [-0.3, -0.25) is 4.57 Å². The third kappa shape index (κ3) is 6.59. The second-order valence-corrected chi connectivity index (χ2v) is 19.6. The van der Waals surface area contributed by atoms with E-state index in [1.165, 1.54) is 44.0 Å². The smallest absolute Gasteiger partial charge is 0.238 e. The van der Waals surface area contributed by atoms with E-state index in [9.17, 15) is 0 Å². The van der Waals surface area contributed by atoms with Crippen molar-refractivity contribution < 1.29 is 0 Å². The van der Waals surface area contributed by atoms with Crippen molar-refractivity contribution in [3.63, 3.8) is 0 Å². The molecular weight excluding hydrogens is 881 g/mol. The van der Waals surface area contributed by atoms with Gasteiger partial charge in [0.1, 0.15) is 0 Å². The molecule has 0 N–H and O–H groups in total. The summed E-state index contributed by atoms with van der Waals surface area (Å²) in [4.78, 5) is 31.3. The Kier molecular flexibility index (Phi) is 9.42. The highest BCUT2D eigenvalue weighted by Crippen LogP contribution is 2.50. The van der Waals surface area contributed by atoms with Gasteiger partial charge in [-0.2, -0.15) is 9.97 Å². The highest BCUT2D eigenvalue weighted by Gasteiger charge is 2.35. The maximum atomic E-state index is 5.31. The first-order valence-electron chi connectivity index (χ1n) is 24.7. The highest BCUT2D eigenvalue weighted by atomic mass is 15.2. The molecule has 1 unspecified atom stereocenters. The maximum Gasteiger partial charge on any atom is 0.238 e. The Bertz CT molecular complexity index is 4110. The zero-order chi connectivity index (χ0) is 48.1. The summed E-state index contributed by atoms with van der Waals surface area (Å²) in [5, 5.41) is 3.53. The van der Waals surface area contributed by atoms with Gasteiger partial charge >= 0.3 is 0 Å². The molecule has 0 saturated heterocycles. The summed E-state index contributed by atoms with van der Waals surface area (Å²) in [7, 11) is 0. The molecule has 8 aromatic carbocycles. The van der Waals surface area contributed by atoms with Crippen LogP contribution in [0.15, 0.2) is 200 Å². The summed E-state index contributed by atoms with van der Waals surface area (Å²) in [6.45, 7) is 6.91. The van der Waals surface area contributed by atoms with E-state index >= 15 is 0 Å². The van der Waals surface area contributed by atoms with Gasteiger partial charge in [0, 0.05) is 55.1 Å². The van der Waals surface area contributed by atoms with E-state index in [-0.39, 0.29) is 5.41 Å². The van der Waals surface area contributed by atoms with Crippen LogP contribution in [0.3, 0.4) is 0 Å². The van der Waals surface area contributed by atoms with E-state index < -0.39 is 0 Å². The Morgan fingerprint density at radius 2 is 1.00 bits per heavy atom. The maximum absolute atomic E-state index is 5.31. The van der Waals surface area contributed by atoms with Crippen LogP contribution >= 0.6 is 0 Å². The lowest BCUT2D eigenvalue weighted by Gasteiger charge is -2.21. The summed E-state index contributed by atoms with van der Waals surface area (Å²) in [6.07, 6.45) is 5.43. The molecule has 8 nitrogen and oxygen atoms in total. The van der Waals surface area contributed by atoms with Crippen molar-refractivity contribution in [3.8, 4) is 79.7 Å². The number of benzene rings is 8. The van der Waals surface area contributed by atoms with E-state index in [0.29, 0.717) is 41.0 Å². The van der Waals surface area contributed by atoms with E-state index in [2.05, 4.69) is 182 Å². The Morgan fingerprint density at radius 3 is 1.68 bits per heavy atom. The lowest BCUT2D eigenvalue weighted by Crippen LogP contribution is -2.14. The third-order valence-electron chi connectivity index (χ3n) is 14.8. The van der Waals surface area contributed by atoms with Gasteiger partial charge in [-0.05, 0) is 76.6 Å². The summed E-state index contributed by atoms with van der Waals surface area (Å²) in [5.41, 5.74) is 16.3. The molecule has 2 aliphatic carbocycles. The zero-order valence-corrected chi connectivity index (χ0v) is 40.0. The van der Waals surface area contributed by atoms with Crippen LogP contribution in [-0.2, 0) is 11.8 Å². The molecule has 0 amide bonds. The predicted octanol–water partition coefficient (Wildman–Crippen LogP) is 14.9. The standard InChI is InChI=1S/C64H46N8/c1-39-30-34-54-50(36-39)56-55(72(54)63-69-59(41-20-9-5-10-21-41)67-60(70-63)42-22-11-6-12-23-42)35-32-48-47-27-14-16-29-53(47)71(57(48)56)45-25-17-24-43(37-45)61-65-58(40-18-7-4-8-19-40)66-62(68-61)44-31-33-52-49(38-44)46-26-13-15-28-51(46)64(52,2)3/h4-35,37-39H,36H2,1-3H3. The van der Waals surface area contributed by atoms with Crippen LogP contribution in [-0.4, -0.2) is 39.0 Å². The van der Waals surface area contributed by atoms with Crippen molar-refractivity contribution in [1.29, 1.82) is 0 Å². The number of hydrogen-bond acceptors (Lipinski definition) is 6. The van der Waals surface area contributed by atoms with Crippen LogP contribution in [0.1, 0.15) is 43.2 Å². The van der Waals surface area contributed by atoms with Crippen LogP contribution in [0.2, 0.25) is 0 Å². The van der Waals surface area contributed by atoms with Crippen LogP contribution in [0.4, 0.5) is 0 Å². The van der Waals surface area contributed by atoms with Crippen molar-refractivity contribution >= 4 is 38.8 Å². The lowest BCUT2D eigenvalue weighted by atomic mass is 9.82. The Labute approximate surface area is 416 Å². The molecule has 12 aromatic rings. The zero-order valence-electron chi connectivity index (χ0n) is 40.0. The van der Waals surface area contributed by atoms with Crippen molar-refractivity contribution in [3.05, 3.63) is 223 Å².